The van der Waals surface area contributed by atoms with E-state index in [4.69, 9.17) is 0 Å². The van der Waals surface area contributed by atoms with Crippen LogP contribution in [-0.2, 0) is 6.42 Å². The Labute approximate surface area is 117 Å². The summed E-state index contributed by atoms with van der Waals surface area (Å²) in [6.45, 7) is 6.18. The fourth-order valence-electron chi connectivity index (χ4n) is 4.02. The van der Waals surface area contributed by atoms with Crippen molar-refractivity contribution in [2.24, 2.45) is 5.92 Å². The number of hydrogen-bond acceptors (Lipinski definition) is 1. The van der Waals surface area contributed by atoms with Crippen LogP contribution in [0.25, 0.3) is 0 Å². The molecule has 1 fully saturated rings. The van der Waals surface area contributed by atoms with Gasteiger partial charge in [0.2, 0.25) is 0 Å². The van der Waals surface area contributed by atoms with Gasteiger partial charge in [-0.25, -0.2) is 0 Å². The van der Waals surface area contributed by atoms with Crippen molar-refractivity contribution in [1.29, 1.82) is 0 Å². The highest BCUT2D eigenvalue weighted by Gasteiger charge is 2.33. The molecule has 1 aliphatic carbocycles. The predicted molar refractivity (Wildman–Crippen MR) is 81.2 cm³/mol. The van der Waals surface area contributed by atoms with E-state index in [1.165, 1.54) is 45.1 Å². The molecule has 102 valence electrons. The van der Waals surface area contributed by atoms with Gasteiger partial charge in [0.1, 0.15) is 0 Å². The Hall–Kier alpha value is -1.08. The maximum Gasteiger partial charge on any atom is 0.0382 e. The molecule has 1 heterocycles. The maximum atomic E-state index is 3.95. The van der Waals surface area contributed by atoms with E-state index in [9.17, 15) is 0 Å². The second-order valence-electron chi connectivity index (χ2n) is 6.08. The lowest BCUT2D eigenvalue weighted by Crippen LogP contribution is -2.40. The molecule has 1 nitrogen and oxygen atoms in total. The van der Waals surface area contributed by atoms with Crippen LogP contribution in [0.15, 0.2) is 36.9 Å². The second kappa shape index (κ2) is 5.92. The zero-order valence-corrected chi connectivity index (χ0v) is 11.9. The monoisotopic (exact) mass is 255 g/mol. The van der Waals surface area contributed by atoms with Crippen molar-refractivity contribution in [3.05, 3.63) is 48.0 Å². The molecule has 1 aliphatic heterocycles. The van der Waals surface area contributed by atoms with E-state index in [-0.39, 0.29) is 0 Å². The van der Waals surface area contributed by atoms with E-state index in [1.807, 2.05) is 0 Å². The summed E-state index contributed by atoms with van der Waals surface area (Å²) in [4.78, 5) is 2.66. The van der Waals surface area contributed by atoms with Crippen molar-refractivity contribution in [3.63, 3.8) is 0 Å². The molecule has 0 saturated heterocycles. The Morgan fingerprint density at radius 3 is 2.74 bits per heavy atom. The quantitative estimate of drug-likeness (QED) is 0.726. The fourth-order valence-corrected chi connectivity index (χ4v) is 4.02. The van der Waals surface area contributed by atoms with Gasteiger partial charge in [0.25, 0.3) is 0 Å². The van der Waals surface area contributed by atoms with Gasteiger partial charge in [-0.05, 0) is 36.3 Å². The molecule has 1 atom stereocenters. The molecule has 1 aromatic rings. The largest absolute Gasteiger partial charge is 0.292 e. The van der Waals surface area contributed by atoms with Crippen LogP contribution in [0.3, 0.4) is 0 Å². The van der Waals surface area contributed by atoms with Crippen molar-refractivity contribution in [2.45, 2.75) is 44.6 Å². The van der Waals surface area contributed by atoms with Gasteiger partial charge in [0.05, 0.1) is 0 Å². The SMILES string of the molecule is C=CCN1CCc2ccccc2[C@@H]1C1CCCCC1. The Morgan fingerprint density at radius 1 is 1.16 bits per heavy atom. The lowest BCUT2D eigenvalue weighted by atomic mass is 9.77. The van der Waals surface area contributed by atoms with E-state index < -0.39 is 0 Å². The molecular weight excluding hydrogens is 230 g/mol. The van der Waals surface area contributed by atoms with Gasteiger partial charge >= 0.3 is 0 Å². The van der Waals surface area contributed by atoms with E-state index in [2.05, 4.69) is 41.8 Å². The minimum Gasteiger partial charge on any atom is -0.292 e. The third kappa shape index (κ3) is 2.62. The lowest BCUT2D eigenvalue weighted by molar-refractivity contribution is 0.119. The van der Waals surface area contributed by atoms with Gasteiger partial charge in [-0.1, -0.05) is 49.6 Å². The molecule has 2 aliphatic rings. The highest BCUT2D eigenvalue weighted by Crippen LogP contribution is 2.41. The minimum absolute atomic E-state index is 0.642. The Balaban J connectivity index is 1.91. The first-order valence-electron chi connectivity index (χ1n) is 7.83. The number of benzene rings is 1. The molecule has 0 spiro atoms. The average molecular weight is 255 g/mol. The molecule has 0 unspecified atom stereocenters. The average Bonchev–Trinajstić information content (AvgIpc) is 2.48. The molecule has 0 aromatic heterocycles. The topological polar surface area (TPSA) is 3.24 Å². The zero-order valence-electron chi connectivity index (χ0n) is 11.9. The first-order chi connectivity index (χ1) is 9.40. The van der Waals surface area contributed by atoms with Gasteiger partial charge in [0, 0.05) is 19.1 Å². The molecule has 1 saturated carbocycles. The van der Waals surface area contributed by atoms with Gasteiger partial charge in [-0.2, -0.15) is 0 Å². The van der Waals surface area contributed by atoms with E-state index in [1.54, 1.807) is 11.1 Å². The van der Waals surface area contributed by atoms with Crippen molar-refractivity contribution < 1.29 is 0 Å². The third-order valence-electron chi connectivity index (χ3n) is 4.90. The molecule has 19 heavy (non-hydrogen) atoms. The normalized spacial score (nSPS) is 24.9. The zero-order chi connectivity index (χ0) is 13.1. The number of rotatable bonds is 3. The first kappa shape index (κ1) is 12.9. The van der Waals surface area contributed by atoms with Crippen LogP contribution in [0.4, 0.5) is 0 Å². The van der Waals surface area contributed by atoms with Gasteiger partial charge in [-0.3, -0.25) is 4.90 Å². The minimum atomic E-state index is 0.642. The van der Waals surface area contributed by atoms with Crippen molar-refractivity contribution >= 4 is 0 Å². The van der Waals surface area contributed by atoms with E-state index >= 15 is 0 Å². The Kier molecular flexibility index (Phi) is 4.03. The summed E-state index contributed by atoms with van der Waals surface area (Å²) >= 11 is 0. The summed E-state index contributed by atoms with van der Waals surface area (Å²) < 4.78 is 0. The van der Waals surface area contributed by atoms with Crippen LogP contribution in [0.5, 0.6) is 0 Å². The second-order valence-corrected chi connectivity index (χ2v) is 6.08. The van der Waals surface area contributed by atoms with Crippen LogP contribution in [0.1, 0.15) is 49.3 Å². The van der Waals surface area contributed by atoms with Crippen molar-refractivity contribution in [2.75, 3.05) is 13.1 Å². The number of nitrogens with zero attached hydrogens (tertiary/aromatic N) is 1. The third-order valence-corrected chi connectivity index (χ3v) is 4.90. The first-order valence-corrected chi connectivity index (χ1v) is 7.83. The summed E-state index contributed by atoms with van der Waals surface area (Å²) in [6, 6.07) is 9.75. The highest BCUT2D eigenvalue weighted by molar-refractivity contribution is 5.33. The summed E-state index contributed by atoms with van der Waals surface area (Å²) in [6.07, 6.45) is 10.4. The predicted octanol–water partition coefficient (Wildman–Crippen LogP) is 4.35. The molecule has 3 rings (SSSR count). The molecular formula is C18H25N. The molecule has 1 heteroatoms. The summed E-state index contributed by atoms with van der Waals surface area (Å²) in [5, 5.41) is 0. The number of fused-ring (bicyclic) bond motifs is 1. The van der Waals surface area contributed by atoms with Gasteiger partial charge in [0.15, 0.2) is 0 Å². The molecule has 0 N–H and O–H groups in total. The molecule has 0 radical (unpaired) electrons. The summed E-state index contributed by atoms with van der Waals surface area (Å²) in [5.41, 5.74) is 3.18. The highest BCUT2D eigenvalue weighted by atomic mass is 15.2. The van der Waals surface area contributed by atoms with Crippen LogP contribution in [0.2, 0.25) is 0 Å². The van der Waals surface area contributed by atoms with Crippen LogP contribution in [0, 0.1) is 5.92 Å². The summed E-state index contributed by atoms with van der Waals surface area (Å²) in [7, 11) is 0. The Morgan fingerprint density at radius 2 is 1.95 bits per heavy atom. The van der Waals surface area contributed by atoms with E-state index in [0.29, 0.717) is 6.04 Å². The maximum absolute atomic E-state index is 3.95. The van der Waals surface area contributed by atoms with Crippen LogP contribution >= 0.6 is 0 Å². The standard InChI is InChI=1S/C18H25N/c1-2-13-19-14-12-15-8-6-7-11-17(15)18(19)16-9-4-3-5-10-16/h2,6-8,11,16,18H,1,3-5,9-10,12-14H2/t18-/m0/s1. The fraction of sp³-hybridized carbons (Fsp3) is 0.556. The van der Waals surface area contributed by atoms with Gasteiger partial charge in [-0.15, -0.1) is 6.58 Å². The van der Waals surface area contributed by atoms with Crippen molar-refractivity contribution in [3.8, 4) is 0 Å². The lowest BCUT2D eigenvalue weighted by Gasteiger charge is -2.42. The molecule has 0 amide bonds. The van der Waals surface area contributed by atoms with E-state index in [0.717, 1.165) is 12.5 Å². The van der Waals surface area contributed by atoms with Gasteiger partial charge < -0.3 is 0 Å². The number of hydrogen-bond donors (Lipinski definition) is 0. The molecule has 1 aromatic carbocycles. The van der Waals surface area contributed by atoms with Crippen molar-refractivity contribution in [1.82, 2.24) is 4.90 Å². The molecule has 0 bridgehead atoms. The smallest absolute Gasteiger partial charge is 0.0382 e. The van der Waals surface area contributed by atoms with Crippen LogP contribution < -0.4 is 0 Å². The summed E-state index contributed by atoms with van der Waals surface area (Å²) in [5.74, 6) is 0.857. The Bertz CT molecular complexity index is 431. The van der Waals surface area contributed by atoms with Crippen LogP contribution in [-0.4, -0.2) is 18.0 Å².